The minimum atomic E-state index is 0.654. The zero-order chi connectivity index (χ0) is 15.9. The van der Waals surface area contributed by atoms with Gasteiger partial charge in [-0.2, -0.15) is 0 Å². The maximum Gasteiger partial charge on any atom is 0.151 e. The molecule has 24 heavy (non-hydrogen) atoms. The Balaban J connectivity index is 1.56. The van der Waals surface area contributed by atoms with Crippen LogP contribution in [0.2, 0.25) is 0 Å². The molecule has 2 aromatic heterocycles. The molecule has 122 valence electrons. The summed E-state index contributed by atoms with van der Waals surface area (Å²) >= 11 is 0. The van der Waals surface area contributed by atoms with Crippen LogP contribution < -0.4 is 15.5 Å². The molecule has 3 N–H and O–H groups in total. The van der Waals surface area contributed by atoms with E-state index in [-0.39, 0.29) is 0 Å². The lowest BCUT2D eigenvalue weighted by molar-refractivity contribution is 0.462. The molecule has 0 aliphatic carbocycles. The second-order valence-corrected chi connectivity index (χ2v) is 6.63. The second kappa shape index (κ2) is 5.53. The molecule has 5 rings (SSSR count). The number of benzene rings is 1. The van der Waals surface area contributed by atoms with Gasteiger partial charge in [-0.15, -0.1) is 0 Å². The highest BCUT2D eigenvalue weighted by Crippen LogP contribution is 2.38. The number of aromatic amines is 1. The van der Waals surface area contributed by atoms with Gasteiger partial charge in [-0.1, -0.05) is 0 Å². The molecule has 0 radical (unpaired) electrons. The predicted octanol–water partition coefficient (Wildman–Crippen LogP) is 3.55. The molecule has 4 heterocycles. The number of nitrogens with one attached hydrogen (secondary N) is 3. The average molecular weight is 319 g/mol. The summed E-state index contributed by atoms with van der Waals surface area (Å²) < 4.78 is 0. The summed E-state index contributed by atoms with van der Waals surface area (Å²) in [5.41, 5.74) is 5.06. The predicted molar refractivity (Wildman–Crippen MR) is 98.0 cm³/mol. The van der Waals surface area contributed by atoms with E-state index in [0.29, 0.717) is 5.92 Å². The van der Waals surface area contributed by atoms with Crippen molar-refractivity contribution in [2.75, 3.05) is 30.0 Å². The fourth-order valence-electron chi connectivity index (χ4n) is 3.99. The summed E-state index contributed by atoms with van der Waals surface area (Å²) in [6, 6.07) is 10.8. The van der Waals surface area contributed by atoms with Crippen molar-refractivity contribution in [3.05, 3.63) is 48.3 Å². The number of hydrogen-bond acceptors (Lipinski definition) is 4. The largest absolute Gasteiger partial charge is 0.361 e. The highest BCUT2D eigenvalue weighted by molar-refractivity contribution is 5.89. The number of aromatic nitrogens is 2. The number of hydrogen-bond donors (Lipinski definition) is 3. The molecule has 1 saturated heterocycles. The molecular weight excluding hydrogens is 298 g/mol. The van der Waals surface area contributed by atoms with Gasteiger partial charge in [-0.05, 0) is 67.7 Å². The molecule has 2 aliphatic heterocycles. The molecule has 5 nitrogen and oxygen atoms in total. The van der Waals surface area contributed by atoms with Crippen LogP contribution in [-0.2, 0) is 0 Å². The molecule has 0 atom stereocenters. The Hall–Kier alpha value is -2.53. The van der Waals surface area contributed by atoms with Crippen LogP contribution in [0.15, 0.2) is 42.7 Å². The molecule has 1 aromatic carbocycles. The molecule has 0 amide bonds. The Kier molecular flexibility index (Phi) is 3.19. The lowest BCUT2D eigenvalue weighted by Crippen LogP contribution is -2.26. The summed E-state index contributed by atoms with van der Waals surface area (Å²) in [5.74, 6) is 1.62. The van der Waals surface area contributed by atoms with Gasteiger partial charge in [0.1, 0.15) is 0 Å². The van der Waals surface area contributed by atoms with Crippen LogP contribution in [-0.4, -0.2) is 29.7 Å². The summed E-state index contributed by atoms with van der Waals surface area (Å²) in [6.07, 6.45) is 6.48. The van der Waals surface area contributed by atoms with Crippen molar-refractivity contribution < 1.29 is 0 Å². The highest BCUT2D eigenvalue weighted by atomic mass is 15.3. The van der Waals surface area contributed by atoms with E-state index >= 15 is 0 Å². The molecule has 0 unspecified atom stereocenters. The molecule has 1 fully saturated rings. The van der Waals surface area contributed by atoms with Gasteiger partial charge in [0.15, 0.2) is 5.82 Å². The van der Waals surface area contributed by atoms with Crippen LogP contribution in [0.1, 0.15) is 24.3 Å². The summed E-state index contributed by atoms with van der Waals surface area (Å²) in [7, 11) is 0. The van der Waals surface area contributed by atoms with Crippen molar-refractivity contribution in [2.24, 2.45) is 0 Å². The number of pyridine rings is 1. The Bertz CT molecular complexity index is 878. The summed E-state index contributed by atoms with van der Waals surface area (Å²) in [6.45, 7) is 3.00. The molecule has 0 saturated carbocycles. The first-order valence-corrected chi connectivity index (χ1v) is 8.68. The molecule has 0 spiro atoms. The molecule has 5 heteroatoms. The Labute approximate surface area is 141 Å². The second-order valence-electron chi connectivity index (χ2n) is 6.63. The van der Waals surface area contributed by atoms with Crippen LogP contribution in [0, 0.1) is 0 Å². The van der Waals surface area contributed by atoms with Gasteiger partial charge in [0.05, 0.1) is 12.4 Å². The molecular formula is C19H21N5. The lowest BCUT2D eigenvalue weighted by atomic mass is 9.90. The Morgan fingerprint density at radius 2 is 2.04 bits per heavy atom. The number of H-pyrrole nitrogens is 1. The number of fused-ring (bicyclic) bond motifs is 2. The average Bonchev–Trinajstić information content (AvgIpc) is 3.26. The standard InChI is InChI=1S/C19H21N5/c1-2-18-19(21-7-1)23-12-24(18)14-3-4-17-15(10-14)16(11-22-17)13-5-8-20-9-6-13/h1-4,7,10-11,13,20,22H,5-6,8-9,12H2,(H,21,23). The fourth-order valence-corrected chi connectivity index (χ4v) is 3.99. The maximum absolute atomic E-state index is 4.41. The first-order chi connectivity index (χ1) is 11.9. The van der Waals surface area contributed by atoms with E-state index in [0.717, 1.165) is 31.3 Å². The van der Waals surface area contributed by atoms with Crippen LogP contribution in [0.3, 0.4) is 0 Å². The van der Waals surface area contributed by atoms with Gasteiger partial charge in [-0.3, -0.25) is 0 Å². The van der Waals surface area contributed by atoms with Crippen molar-refractivity contribution >= 4 is 28.1 Å². The third-order valence-corrected chi connectivity index (χ3v) is 5.27. The molecule has 3 aromatic rings. The first kappa shape index (κ1) is 13.9. The zero-order valence-corrected chi connectivity index (χ0v) is 13.5. The van der Waals surface area contributed by atoms with Gasteiger partial charge in [0, 0.05) is 29.0 Å². The van der Waals surface area contributed by atoms with E-state index < -0.39 is 0 Å². The van der Waals surface area contributed by atoms with Crippen LogP contribution >= 0.6 is 0 Å². The fraction of sp³-hybridized carbons (Fsp3) is 0.316. The van der Waals surface area contributed by atoms with E-state index in [9.17, 15) is 0 Å². The van der Waals surface area contributed by atoms with Gasteiger partial charge in [0.2, 0.25) is 0 Å². The number of piperidine rings is 1. The van der Waals surface area contributed by atoms with E-state index in [4.69, 9.17) is 0 Å². The van der Waals surface area contributed by atoms with Crippen molar-refractivity contribution in [3.8, 4) is 0 Å². The van der Waals surface area contributed by atoms with E-state index in [1.165, 1.54) is 35.0 Å². The quantitative estimate of drug-likeness (QED) is 0.676. The Morgan fingerprint density at radius 1 is 1.12 bits per heavy atom. The van der Waals surface area contributed by atoms with Crippen LogP contribution in [0.4, 0.5) is 17.2 Å². The van der Waals surface area contributed by atoms with Crippen molar-refractivity contribution in [1.29, 1.82) is 0 Å². The van der Waals surface area contributed by atoms with Gasteiger partial charge in [0.25, 0.3) is 0 Å². The normalized spacial score (nSPS) is 17.9. The topological polar surface area (TPSA) is 56.0 Å². The first-order valence-electron chi connectivity index (χ1n) is 8.68. The minimum Gasteiger partial charge on any atom is -0.361 e. The van der Waals surface area contributed by atoms with Crippen molar-refractivity contribution in [2.45, 2.75) is 18.8 Å². The highest BCUT2D eigenvalue weighted by Gasteiger charge is 2.22. The Morgan fingerprint density at radius 3 is 2.96 bits per heavy atom. The van der Waals surface area contributed by atoms with E-state index in [1.807, 2.05) is 12.3 Å². The number of nitrogens with zero attached hydrogens (tertiary/aromatic N) is 2. The van der Waals surface area contributed by atoms with Gasteiger partial charge < -0.3 is 20.5 Å². The third kappa shape index (κ3) is 2.16. The maximum atomic E-state index is 4.41. The molecule has 2 aliphatic rings. The van der Waals surface area contributed by atoms with Crippen molar-refractivity contribution in [1.82, 2.24) is 15.3 Å². The smallest absolute Gasteiger partial charge is 0.151 e. The van der Waals surface area contributed by atoms with Gasteiger partial charge in [-0.25, -0.2) is 4.98 Å². The number of rotatable bonds is 2. The van der Waals surface area contributed by atoms with Crippen LogP contribution in [0.25, 0.3) is 10.9 Å². The number of anilines is 3. The van der Waals surface area contributed by atoms with Crippen LogP contribution in [0.5, 0.6) is 0 Å². The zero-order valence-electron chi connectivity index (χ0n) is 13.5. The van der Waals surface area contributed by atoms with E-state index in [1.54, 1.807) is 0 Å². The monoisotopic (exact) mass is 319 g/mol. The van der Waals surface area contributed by atoms with Crippen molar-refractivity contribution in [3.63, 3.8) is 0 Å². The summed E-state index contributed by atoms with van der Waals surface area (Å²) in [4.78, 5) is 10.2. The SMILES string of the molecule is c1cnc2c(c1)N(c1ccc3[nH]cc(C4CCNCC4)c3c1)CN2. The van der Waals surface area contributed by atoms with E-state index in [2.05, 4.69) is 56.0 Å². The third-order valence-electron chi connectivity index (χ3n) is 5.27. The minimum absolute atomic E-state index is 0.654. The van der Waals surface area contributed by atoms with Gasteiger partial charge >= 0.3 is 0 Å². The lowest BCUT2D eigenvalue weighted by Gasteiger charge is -2.23. The molecule has 0 bridgehead atoms. The summed E-state index contributed by atoms with van der Waals surface area (Å²) in [5, 5.41) is 8.18.